The Morgan fingerprint density at radius 2 is 1.03 bits per heavy atom. The summed E-state index contributed by atoms with van der Waals surface area (Å²) < 4.78 is 2.51. The molecule has 7 aromatic rings. The molecule has 0 spiro atoms. The molecule has 0 aliphatic heterocycles. The molecule has 2 heterocycles. The summed E-state index contributed by atoms with van der Waals surface area (Å²) in [6.07, 6.45) is 0. The van der Waals surface area contributed by atoms with E-state index in [4.69, 9.17) is 15.0 Å². The van der Waals surface area contributed by atoms with Gasteiger partial charge in [-0.25, -0.2) is 0 Å². The third-order valence-corrected chi connectivity index (χ3v) is 8.94. The molecule has 3 nitrogen and oxygen atoms in total. The van der Waals surface area contributed by atoms with E-state index >= 15 is 0 Å². The first-order valence-corrected chi connectivity index (χ1v) is 13.9. The van der Waals surface area contributed by atoms with Crippen LogP contribution in [0, 0.1) is 0 Å². The van der Waals surface area contributed by atoms with Gasteiger partial charge in [0.15, 0.2) is 0 Å². The number of rotatable bonds is 4. The molecule has 174 valence electrons. The molecular formula is C33H21N3Se. The average molecular weight is 539 g/mol. The SMILES string of the molecule is c1ccc(-c2cc(-c3cc4nc(-c5ccccc5)[se]c4c4ccccc34)nc(-c3ccccc3)n2)cc1. The van der Waals surface area contributed by atoms with Crippen molar-refractivity contribution in [3.63, 3.8) is 0 Å². The normalized spacial score (nSPS) is 11.2. The van der Waals surface area contributed by atoms with Crippen molar-refractivity contribution in [3.8, 4) is 44.0 Å². The average Bonchev–Trinajstić information content (AvgIpc) is 3.43. The fraction of sp³-hybridized carbons (Fsp3) is 0. The first-order valence-electron chi connectivity index (χ1n) is 12.2. The first kappa shape index (κ1) is 21.9. The zero-order chi connectivity index (χ0) is 24.6. The van der Waals surface area contributed by atoms with Gasteiger partial charge in [-0.2, -0.15) is 0 Å². The zero-order valence-corrected chi connectivity index (χ0v) is 21.6. The van der Waals surface area contributed by atoms with Gasteiger partial charge in [-0.05, 0) is 0 Å². The van der Waals surface area contributed by atoms with Gasteiger partial charge in [-0.3, -0.25) is 0 Å². The summed E-state index contributed by atoms with van der Waals surface area (Å²) in [5, 5.41) is 2.45. The van der Waals surface area contributed by atoms with Crippen molar-refractivity contribution in [1.29, 1.82) is 0 Å². The van der Waals surface area contributed by atoms with Gasteiger partial charge in [0.25, 0.3) is 0 Å². The van der Waals surface area contributed by atoms with Crippen molar-refractivity contribution in [1.82, 2.24) is 15.0 Å². The second-order valence-corrected chi connectivity index (χ2v) is 11.0. The summed E-state index contributed by atoms with van der Waals surface area (Å²) in [7, 11) is 0. The molecule has 0 aliphatic rings. The van der Waals surface area contributed by atoms with Crippen molar-refractivity contribution < 1.29 is 0 Å². The van der Waals surface area contributed by atoms with Crippen LogP contribution in [0.15, 0.2) is 127 Å². The van der Waals surface area contributed by atoms with Crippen molar-refractivity contribution in [2.45, 2.75) is 0 Å². The molecule has 0 saturated heterocycles. The van der Waals surface area contributed by atoms with E-state index < -0.39 is 0 Å². The van der Waals surface area contributed by atoms with Gasteiger partial charge in [0.1, 0.15) is 0 Å². The molecule has 2 aromatic heterocycles. The number of hydrogen-bond donors (Lipinski definition) is 0. The number of fused-ring (bicyclic) bond motifs is 3. The molecule has 0 aliphatic carbocycles. The van der Waals surface area contributed by atoms with E-state index in [1.54, 1.807) is 0 Å². The van der Waals surface area contributed by atoms with Crippen LogP contribution in [0.4, 0.5) is 0 Å². The molecule has 0 radical (unpaired) electrons. The van der Waals surface area contributed by atoms with Crippen molar-refractivity contribution >= 4 is 35.1 Å². The third-order valence-electron chi connectivity index (χ3n) is 6.52. The molecule has 0 N–H and O–H groups in total. The fourth-order valence-corrected chi connectivity index (χ4v) is 7.01. The Morgan fingerprint density at radius 3 is 1.73 bits per heavy atom. The fourth-order valence-electron chi connectivity index (χ4n) is 4.73. The summed E-state index contributed by atoms with van der Waals surface area (Å²) >= 11 is 0.144. The minimum absolute atomic E-state index is 0.144. The van der Waals surface area contributed by atoms with Crippen molar-refractivity contribution in [3.05, 3.63) is 127 Å². The third kappa shape index (κ3) is 4.07. The van der Waals surface area contributed by atoms with Gasteiger partial charge >= 0.3 is 221 Å². The summed E-state index contributed by atoms with van der Waals surface area (Å²) in [6.45, 7) is 0. The molecule has 0 amide bonds. The molecule has 0 bridgehead atoms. The topological polar surface area (TPSA) is 38.7 Å². The molecule has 0 atom stereocenters. The predicted octanol–water partition coefficient (Wildman–Crippen LogP) is 7.90. The van der Waals surface area contributed by atoms with Gasteiger partial charge < -0.3 is 0 Å². The van der Waals surface area contributed by atoms with E-state index in [0.29, 0.717) is 0 Å². The molecule has 0 fully saturated rings. The second-order valence-electron chi connectivity index (χ2n) is 8.90. The monoisotopic (exact) mass is 539 g/mol. The Labute approximate surface area is 220 Å². The summed E-state index contributed by atoms with van der Waals surface area (Å²) in [6, 6.07) is 44.0. The van der Waals surface area contributed by atoms with Crippen LogP contribution in [0.25, 0.3) is 64.6 Å². The number of hydrogen-bond acceptors (Lipinski definition) is 3. The van der Waals surface area contributed by atoms with E-state index in [1.165, 1.54) is 25.2 Å². The van der Waals surface area contributed by atoms with E-state index in [1.807, 2.05) is 36.4 Å². The Bertz CT molecular complexity index is 1800. The Balaban J connectivity index is 1.50. The van der Waals surface area contributed by atoms with Crippen LogP contribution >= 0.6 is 0 Å². The second kappa shape index (κ2) is 9.25. The van der Waals surface area contributed by atoms with Crippen LogP contribution < -0.4 is 0 Å². The van der Waals surface area contributed by atoms with Crippen LogP contribution in [-0.4, -0.2) is 29.5 Å². The van der Waals surface area contributed by atoms with Gasteiger partial charge in [0.2, 0.25) is 0 Å². The van der Waals surface area contributed by atoms with Crippen molar-refractivity contribution in [2.75, 3.05) is 0 Å². The standard InChI is InChI=1S/C33H21N3Se/c1-4-12-22(13-5-1)28-21-29(35-32(34-28)23-14-6-2-7-15-23)27-20-30-31(26-19-11-10-18-25(26)27)37-33(36-30)24-16-8-3-9-17-24/h1-21H. The van der Waals surface area contributed by atoms with Crippen molar-refractivity contribution in [2.24, 2.45) is 0 Å². The molecule has 5 aromatic carbocycles. The minimum atomic E-state index is 0.144. The van der Waals surface area contributed by atoms with Gasteiger partial charge in [0.05, 0.1) is 0 Å². The van der Waals surface area contributed by atoms with E-state index in [-0.39, 0.29) is 14.5 Å². The van der Waals surface area contributed by atoms with Gasteiger partial charge in [-0.15, -0.1) is 0 Å². The number of nitrogens with zero attached hydrogens (tertiary/aromatic N) is 3. The molecule has 37 heavy (non-hydrogen) atoms. The molecule has 0 unspecified atom stereocenters. The summed E-state index contributed by atoms with van der Waals surface area (Å²) in [5.74, 6) is 0.722. The van der Waals surface area contributed by atoms with E-state index in [0.717, 1.165) is 39.4 Å². The summed E-state index contributed by atoms with van der Waals surface area (Å²) in [4.78, 5) is 15.2. The Kier molecular flexibility index (Phi) is 5.47. The number of aromatic nitrogens is 3. The number of benzene rings is 5. The quantitative estimate of drug-likeness (QED) is 0.214. The summed E-state index contributed by atoms with van der Waals surface area (Å²) in [5.41, 5.74) is 7.22. The van der Waals surface area contributed by atoms with E-state index in [2.05, 4.69) is 91.0 Å². The van der Waals surface area contributed by atoms with Crippen LogP contribution in [-0.2, 0) is 0 Å². The molecular weight excluding hydrogens is 517 g/mol. The molecule has 7 rings (SSSR count). The maximum absolute atomic E-state index is 5.12. The predicted molar refractivity (Wildman–Crippen MR) is 154 cm³/mol. The van der Waals surface area contributed by atoms with Crippen LogP contribution in [0.5, 0.6) is 0 Å². The molecule has 4 heteroatoms. The van der Waals surface area contributed by atoms with Crippen LogP contribution in [0.1, 0.15) is 0 Å². The zero-order valence-electron chi connectivity index (χ0n) is 19.9. The first-order chi connectivity index (χ1) is 18.3. The van der Waals surface area contributed by atoms with E-state index in [9.17, 15) is 0 Å². The van der Waals surface area contributed by atoms with Crippen LogP contribution in [0.2, 0.25) is 0 Å². The van der Waals surface area contributed by atoms with Gasteiger partial charge in [-0.1, -0.05) is 0 Å². The van der Waals surface area contributed by atoms with Gasteiger partial charge in [0, 0.05) is 0 Å². The Morgan fingerprint density at radius 1 is 0.459 bits per heavy atom. The molecule has 0 saturated carbocycles. The van der Waals surface area contributed by atoms with Crippen LogP contribution in [0.3, 0.4) is 0 Å². The maximum atomic E-state index is 5.12. The Hall–Kier alpha value is -4.37.